The van der Waals surface area contributed by atoms with Crippen LogP contribution in [0.2, 0.25) is 0 Å². The van der Waals surface area contributed by atoms with Crippen LogP contribution in [-0.4, -0.2) is 13.0 Å². The second-order valence-electron chi connectivity index (χ2n) is 8.28. The summed E-state index contributed by atoms with van der Waals surface area (Å²) >= 11 is 3.66. The zero-order chi connectivity index (χ0) is 24.1. The van der Waals surface area contributed by atoms with Gasteiger partial charge in [-0.15, -0.1) is 0 Å². The summed E-state index contributed by atoms with van der Waals surface area (Å²) in [5.41, 5.74) is 8.23. The standard InChI is InChI=1S/C28H27BrN2O2/c1-17-8-18(2)10-21(9-17)13-25-26(29)14-22(15-27(25)33-5)12-23(16-30)28(32)31-24-7-6-19(3)20(4)11-24/h6-12,14-15H,13H2,1-5H3,(H,31,32)/b23-12+. The van der Waals surface area contributed by atoms with E-state index in [1.807, 2.05) is 50.2 Å². The summed E-state index contributed by atoms with van der Waals surface area (Å²) in [7, 11) is 1.62. The van der Waals surface area contributed by atoms with E-state index in [0.29, 0.717) is 23.4 Å². The smallest absolute Gasteiger partial charge is 0.266 e. The van der Waals surface area contributed by atoms with E-state index < -0.39 is 5.91 Å². The van der Waals surface area contributed by atoms with Gasteiger partial charge in [0, 0.05) is 22.1 Å². The van der Waals surface area contributed by atoms with E-state index in [4.69, 9.17) is 4.74 Å². The van der Waals surface area contributed by atoms with Crippen LogP contribution in [0.4, 0.5) is 5.69 Å². The third-order valence-corrected chi connectivity index (χ3v) is 6.21. The maximum absolute atomic E-state index is 12.7. The fraction of sp³-hybridized carbons (Fsp3) is 0.214. The van der Waals surface area contributed by atoms with E-state index in [-0.39, 0.29) is 5.57 Å². The molecule has 33 heavy (non-hydrogen) atoms. The van der Waals surface area contributed by atoms with E-state index >= 15 is 0 Å². The Morgan fingerprint density at radius 1 is 1.03 bits per heavy atom. The first kappa shape index (κ1) is 24.3. The molecule has 168 valence electrons. The number of ether oxygens (including phenoxy) is 1. The quantitative estimate of drug-likeness (QED) is 0.296. The van der Waals surface area contributed by atoms with Crippen molar-refractivity contribution in [3.63, 3.8) is 0 Å². The molecule has 3 aromatic carbocycles. The zero-order valence-electron chi connectivity index (χ0n) is 19.5. The highest BCUT2D eigenvalue weighted by molar-refractivity contribution is 9.10. The molecule has 0 radical (unpaired) electrons. The molecule has 0 aliphatic rings. The maximum Gasteiger partial charge on any atom is 0.266 e. The number of hydrogen-bond donors (Lipinski definition) is 1. The first-order valence-corrected chi connectivity index (χ1v) is 11.4. The summed E-state index contributed by atoms with van der Waals surface area (Å²) in [6.07, 6.45) is 2.28. The molecule has 0 heterocycles. The summed E-state index contributed by atoms with van der Waals surface area (Å²) in [5, 5.41) is 12.4. The number of aryl methyl sites for hydroxylation is 4. The maximum atomic E-state index is 12.7. The molecule has 0 bridgehead atoms. The average molecular weight is 503 g/mol. The van der Waals surface area contributed by atoms with Gasteiger partial charge in [0.05, 0.1) is 7.11 Å². The number of amides is 1. The molecule has 4 nitrogen and oxygen atoms in total. The second kappa shape index (κ2) is 10.5. The highest BCUT2D eigenvalue weighted by Gasteiger charge is 2.14. The summed E-state index contributed by atoms with van der Waals surface area (Å²) in [6.45, 7) is 8.16. The van der Waals surface area contributed by atoms with E-state index in [9.17, 15) is 10.1 Å². The number of anilines is 1. The van der Waals surface area contributed by atoms with Gasteiger partial charge in [0.1, 0.15) is 17.4 Å². The van der Waals surface area contributed by atoms with Crippen LogP contribution in [0.5, 0.6) is 5.75 Å². The summed E-state index contributed by atoms with van der Waals surface area (Å²) < 4.78 is 6.51. The molecule has 0 aliphatic heterocycles. The predicted octanol–water partition coefficient (Wildman–Crippen LogP) is 6.83. The lowest BCUT2D eigenvalue weighted by atomic mass is 9.98. The molecular weight excluding hydrogens is 476 g/mol. The number of rotatable bonds is 6. The number of benzene rings is 3. The second-order valence-corrected chi connectivity index (χ2v) is 9.13. The Morgan fingerprint density at radius 2 is 1.73 bits per heavy atom. The summed E-state index contributed by atoms with van der Waals surface area (Å²) in [6, 6.07) is 17.9. The molecule has 3 rings (SSSR count). The fourth-order valence-corrected chi connectivity index (χ4v) is 4.38. The lowest BCUT2D eigenvalue weighted by Gasteiger charge is -2.14. The Morgan fingerprint density at radius 3 is 2.33 bits per heavy atom. The van der Waals surface area contributed by atoms with E-state index in [1.54, 1.807) is 13.2 Å². The van der Waals surface area contributed by atoms with Crippen molar-refractivity contribution in [2.75, 3.05) is 12.4 Å². The number of nitriles is 1. The molecule has 0 atom stereocenters. The minimum absolute atomic E-state index is 0.0178. The monoisotopic (exact) mass is 502 g/mol. The number of nitrogens with zero attached hydrogens (tertiary/aromatic N) is 1. The molecular formula is C28H27BrN2O2. The van der Waals surface area contributed by atoms with Gasteiger partial charge >= 0.3 is 0 Å². The van der Waals surface area contributed by atoms with Crippen molar-refractivity contribution in [1.29, 1.82) is 5.26 Å². The van der Waals surface area contributed by atoms with Crippen molar-refractivity contribution >= 4 is 33.6 Å². The molecule has 0 saturated carbocycles. The van der Waals surface area contributed by atoms with Crippen molar-refractivity contribution in [2.24, 2.45) is 0 Å². The molecule has 0 saturated heterocycles. The third kappa shape index (κ3) is 6.12. The molecule has 0 unspecified atom stereocenters. The Hall–Kier alpha value is -3.36. The van der Waals surface area contributed by atoms with Crippen LogP contribution in [0.15, 0.2) is 58.6 Å². The topological polar surface area (TPSA) is 62.1 Å². The number of carbonyl (C=O) groups excluding carboxylic acids is 1. The lowest BCUT2D eigenvalue weighted by Crippen LogP contribution is -2.13. The number of halogens is 1. The molecule has 0 fully saturated rings. The Labute approximate surface area is 204 Å². The van der Waals surface area contributed by atoms with E-state index in [2.05, 4.69) is 53.3 Å². The van der Waals surface area contributed by atoms with Gasteiger partial charge in [-0.2, -0.15) is 5.26 Å². The van der Waals surface area contributed by atoms with Gasteiger partial charge in [0.2, 0.25) is 0 Å². The number of methoxy groups -OCH3 is 1. The summed E-state index contributed by atoms with van der Waals surface area (Å²) in [4.78, 5) is 12.7. The highest BCUT2D eigenvalue weighted by atomic mass is 79.9. The minimum Gasteiger partial charge on any atom is -0.496 e. The first-order chi connectivity index (χ1) is 15.7. The van der Waals surface area contributed by atoms with Gasteiger partial charge in [0.15, 0.2) is 0 Å². The van der Waals surface area contributed by atoms with Gasteiger partial charge < -0.3 is 10.1 Å². The largest absolute Gasteiger partial charge is 0.496 e. The van der Waals surface area contributed by atoms with Crippen LogP contribution < -0.4 is 10.1 Å². The van der Waals surface area contributed by atoms with Crippen LogP contribution in [0, 0.1) is 39.0 Å². The van der Waals surface area contributed by atoms with Crippen molar-refractivity contribution in [1.82, 2.24) is 0 Å². The van der Waals surface area contributed by atoms with Gasteiger partial charge in [-0.25, -0.2) is 0 Å². The SMILES string of the molecule is COc1cc(/C=C(\C#N)C(=O)Nc2ccc(C)c(C)c2)cc(Br)c1Cc1cc(C)cc(C)c1. The first-order valence-electron chi connectivity index (χ1n) is 10.6. The highest BCUT2D eigenvalue weighted by Crippen LogP contribution is 2.32. The van der Waals surface area contributed by atoms with Crippen molar-refractivity contribution in [3.05, 3.63) is 97.5 Å². The molecule has 0 aliphatic carbocycles. The Bertz CT molecular complexity index is 1270. The molecule has 1 N–H and O–H groups in total. The molecule has 0 aromatic heterocycles. The molecule has 3 aromatic rings. The zero-order valence-corrected chi connectivity index (χ0v) is 21.1. The third-order valence-electron chi connectivity index (χ3n) is 5.50. The van der Waals surface area contributed by atoms with Crippen molar-refractivity contribution in [3.8, 4) is 11.8 Å². The normalized spacial score (nSPS) is 11.1. The summed E-state index contributed by atoms with van der Waals surface area (Å²) in [5.74, 6) is 0.247. The van der Waals surface area contributed by atoms with Gasteiger partial charge in [0.25, 0.3) is 5.91 Å². The van der Waals surface area contributed by atoms with Crippen LogP contribution in [-0.2, 0) is 11.2 Å². The number of nitrogens with one attached hydrogen (secondary N) is 1. The Kier molecular flexibility index (Phi) is 7.73. The predicted molar refractivity (Wildman–Crippen MR) is 138 cm³/mol. The molecule has 0 spiro atoms. The van der Waals surface area contributed by atoms with Crippen LogP contribution in [0.25, 0.3) is 6.08 Å². The average Bonchev–Trinajstić information content (AvgIpc) is 2.75. The molecule has 5 heteroatoms. The minimum atomic E-state index is -0.449. The van der Waals surface area contributed by atoms with E-state index in [1.165, 1.54) is 16.7 Å². The Balaban J connectivity index is 1.89. The van der Waals surface area contributed by atoms with Crippen molar-refractivity contribution in [2.45, 2.75) is 34.1 Å². The van der Waals surface area contributed by atoms with E-state index in [0.717, 1.165) is 21.2 Å². The molecule has 1 amide bonds. The van der Waals surface area contributed by atoms with Gasteiger partial charge in [-0.1, -0.05) is 51.3 Å². The van der Waals surface area contributed by atoms with Gasteiger partial charge in [-0.3, -0.25) is 4.79 Å². The number of carbonyl (C=O) groups is 1. The lowest BCUT2D eigenvalue weighted by molar-refractivity contribution is -0.112. The van der Waals surface area contributed by atoms with Crippen LogP contribution in [0.3, 0.4) is 0 Å². The van der Waals surface area contributed by atoms with Gasteiger partial charge in [-0.05, 0) is 80.3 Å². The fourth-order valence-electron chi connectivity index (χ4n) is 3.78. The van der Waals surface area contributed by atoms with Crippen molar-refractivity contribution < 1.29 is 9.53 Å². The van der Waals surface area contributed by atoms with Crippen LogP contribution in [0.1, 0.15) is 38.9 Å². The van der Waals surface area contributed by atoms with Crippen LogP contribution >= 0.6 is 15.9 Å². The number of hydrogen-bond acceptors (Lipinski definition) is 3.